The minimum atomic E-state index is 0.156. The molecule has 0 bridgehead atoms. The smallest absolute Gasteiger partial charge is 0.0309 e. The molecule has 1 aliphatic heterocycles. The van der Waals surface area contributed by atoms with Crippen LogP contribution in [0.15, 0.2) is 28.7 Å². The third-order valence-corrected chi connectivity index (χ3v) is 3.78. The molecule has 1 aliphatic rings. The van der Waals surface area contributed by atoms with Gasteiger partial charge in [0.1, 0.15) is 0 Å². The summed E-state index contributed by atoms with van der Waals surface area (Å²) in [5.74, 6) is 0. The van der Waals surface area contributed by atoms with Gasteiger partial charge in [-0.15, -0.1) is 0 Å². The molecule has 1 saturated heterocycles. The predicted octanol–water partition coefficient (Wildman–Crippen LogP) is 2.98. The lowest BCUT2D eigenvalue weighted by atomic mass is 9.95. The van der Waals surface area contributed by atoms with Crippen LogP contribution >= 0.6 is 15.9 Å². The lowest BCUT2D eigenvalue weighted by Gasteiger charge is -2.26. The van der Waals surface area contributed by atoms with Crippen molar-refractivity contribution in [3.63, 3.8) is 0 Å². The lowest BCUT2D eigenvalue weighted by Crippen LogP contribution is -2.36. The van der Waals surface area contributed by atoms with Gasteiger partial charge in [0.25, 0.3) is 0 Å². The average Bonchev–Trinajstić information content (AvgIpc) is 2.31. The Morgan fingerprint density at radius 1 is 1.31 bits per heavy atom. The summed E-state index contributed by atoms with van der Waals surface area (Å²) < 4.78 is 1.11. The van der Waals surface area contributed by atoms with Crippen LogP contribution in [0.4, 0.5) is 0 Å². The second kappa shape index (κ2) is 5.80. The molecular formula is C13H19BrN2. The van der Waals surface area contributed by atoms with Crippen molar-refractivity contribution in [1.82, 2.24) is 5.32 Å². The number of rotatable bonds is 3. The zero-order valence-electron chi connectivity index (χ0n) is 9.45. The normalized spacial score (nSPS) is 23.0. The van der Waals surface area contributed by atoms with Crippen LogP contribution in [-0.2, 0) is 0 Å². The summed E-state index contributed by atoms with van der Waals surface area (Å²) in [7, 11) is 0. The van der Waals surface area contributed by atoms with E-state index in [1.165, 1.54) is 24.8 Å². The molecule has 88 valence electrons. The van der Waals surface area contributed by atoms with Gasteiger partial charge in [-0.05, 0) is 43.5 Å². The summed E-state index contributed by atoms with van der Waals surface area (Å²) in [6, 6.07) is 9.10. The molecule has 2 rings (SSSR count). The maximum Gasteiger partial charge on any atom is 0.0309 e. The van der Waals surface area contributed by atoms with Crippen LogP contribution < -0.4 is 11.1 Å². The molecule has 1 fully saturated rings. The Morgan fingerprint density at radius 3 is 2.69 bits per heavy atom. The molecule has 0 aromatic heterocycles. The van der Waals surface area contributed by atoms with Crippen molar-refractivity contribution in [1.29, 1.82) is 0 Å². The Morgan fingerprint density at radius 2 is 2.06 bits per heavy atom. The number of nitrogens with two attached hydrogens (primary N) is 1. The monoisotopic (exact) mass is 282 g/mol. The van der Waals surface area contributed by atoms with E-state index in [0.29, 0.717) is 6.04 Å². The van der Waals surface area contributed by atoms with E-state index >= 15 is 0 Å². The zero-order chi connectivity index (χ0) is 11.4. The fraction of sp³-hybridized carbons (Fsp3) is 0.538. The van der Waals surface area contributed by atoms with E-state index in [4.69, 9.17) is 5.73 Å². The molecule has 1 aromatic rings. The number of hydrogen-bond donors (Lipinski definition) is 2. The first-order valence-electron chi connectivity index (χ1n) is 6.00. The maximum absolute atomic E-state index is 6.22. The molecule has 2 nitrogen and oxygen atoms in total. The van der Waals surface area contributed by atoms with Crippen LogP contribution in [-0.4, -0.2) is 12.6 Å². The van der Waals surface area contributed by atoms with Crippen LogP contribution in [0, 0.1) is 0 Å². The number of halogens is 1. The molecule has 2 unspecified atom stereocenters. The predicted molar refractivity (Wildman–Crippen MR) is 71.3 cm³/mol. The van der Waals surface area contributed by atoms with Gasteiger partial charge in [0, 0.05) is 16.6 Å². The minimum Gasteiger partial charge on any atom is -0.324 e. The molecular weight excluding hydrogens is 264 g/mol. The summed E-state index contributed by atoms with van der Waals surface area (Å²) in [6.45, 7) is 1.15. The third kappa shape index (κ3) is 3.30. The quantitative estimate of drug-likeness (QED) is 0.895. The van der Waals surface area contributed by atoms with Gasteiger partial charge in [-0.3, -0.25) is 0 Å². The van der Waals surface area contributed by atoms with Gasteiger partial charge in [0.05, 0.1) is 0 Å². The zero-order valence-corrected chi connectivity index (χ0v) is 11.0. The number of hydrogen-bond acceptors (Lipinski definition) is 2. The van der Waals surface area contributed by atoms with Gasteiger partial charge in [-0.2, -0.15) is 0 Å². The third-order valence-electron chi connectivity index (χ3n) is 3.25. The van der Waals surface area contributed by atoms with E-state index in [1.807, 2.05) is 0 Å². The molecule has 0 saturated carbocycles. The highest BCUT2D eigenvalue weighted by molar-refractivity contribution is 9.10. The Hall–Kier alpha value is -0.380. The van der Waals surface area contributed by atoms with Gasteiger partial charge >= 0.3 is 0 Å². The minimum absolute atomic E-state index is 0.156. The van der Waals surface area contributed by atoms with E-state index in [9.17, 15) is 0 Å². The molecule has 2 atom stereocenters. The first-order chi connectivity index (χ1) is 7.75. The molecule has 16 heavy (non-hydrogen) atoms. The molecule has 1 aromatic carbocycles. The number of piperidine rings is 1. The molecule has 0 radical (unpaired) electrons. The highest BCUT2D eigenvalue weighted by atomic mass is 79.9. The van der Waals surface area contributed by atoms with E-state index in [0.717, 1.165) is 17.4 Å². The Balaban J connectivity index is 1.91. The van der Waals surface area contributed by atoms with Gasteiger partial charge in [0.15, 0.2) is 0 Å². The fourth-order valence-corrected chi connectivity index (χ4v) is 2.54. The molecule has 3 heteroatoms. The Labute approximate surface area is 106 Å². The van der Waals surface area contributed by atoms with Crippen LogP contribution in [0.3, 0.4) is 0 Å². The number of nitrogens with one attached hydrogen (secondary N) is 1. The largest absolute Gasteiger partial charge is 0.324 e. The first-order valence-corrected chi connectivity index (χ1v) is 6.79. The summed E-state index contributed by atoms with van der Waals surface area (Å²) in [6.07, 6.45) is 4.96. The van der Waals surface area contributed by atoms with Gasteiger partial charge in [0.2, 0.25) is 0 Å². The van der Waals surface area contributed by atoms with Gasteiger partial charge in [-0.25, -0.2) is 0 Å². The highest BCUT2D eigenvalue weighted by Gasteiger charge is 2.16. The molecule has 0 spiro atoms. The van der Waals surface area contributed by atoms with Crippen LogP contribution in [0.1, 0.15) is 37.3 Å². The van der Waals surface area contributed by atoms with Gasteiger partial charge < -0.3 is 11.1 Å². The van der Waals surface area contributed by atoms with Crippen molar-refractivity contribution in [2.75, 3.05) is 6.54 Å². The molecule has 0 amide bonds. The summed E-state index contributed by atoms with van der Waals surface area (Å²) >= 11 is 3.44. The topological polar surface area (TPSA) is 38.0 Å². The summed E-state index contributed by atoms with van der Waals surface area (Å²) in [5, 5.41) is 3.54. The SMILES string of the molecule is NC(CC1CCCCN1)c1ccc(Br)cc1. The average molecular weight is 283 g/mol. The van der Waals surface area contributed by atoms with Gasteiger partial charge in [-0.1, -0.05) is 34.5 Å². The standard InChI is InChI=1S/C13H19BrN2/c14-11-6-4-10(5-7-11)13(15)9-12-3-1-2-8-16-12/h4-7,12-13,16H,1-3,8-9,15H2. The highest BCUT2D eigenvalue weighted by Crippen LogP contribution is 2.21. The van der Waals surface area contributed by atoms with Crippen molar-refractivity contribution >= 4 is 15.9 Å². The van der Waals surface area contributed by atoms with Crippen molar-refractivity contribution in [2.24, 2.45) is 5.73 Å². The fourth-order valence-electron chi connectivity index (χ4n) is 2.28. The van der Waals surface area contributed by atoms with E-state index in [2.05, 4.69) is 45.5 Å². The summed E-state index contributed by atoms with van der Waals surface area (Å²) in [4.78, 5) is 0. The van der Waals surface area contributed by atoms with Crippen LogP contribution in [0.25, 0.3) is 0 Å². The second-order valence-corrected chi connectivity index (χ2v) is 5.46. The summed E-state index contributed by atoms with van der Waals surface area (Å²) in [5.41, 5.74) is 7.45. The van der Waals surface area contributed by atoms with Crippen molar-refractivity contribution < 1.29 is 0 Å². The Kier molecular flexibility index (Phi) is 4.38. The molecule has 3 N–H and O–H groups in total. The molecule has 0 aliphatic carbocycles. The van der Waals surface area contributed by atoms with Crippen molar-refractivity contribution in [2.45, 2.75) is 37.8 Å². The Bertz CT molecular complexity index is 317. The second-order valence-electron chi connectivity index (χ2n) is 4.54. The number of benzene rings is 1. The first kappa shape index (κ1) is 12.1. The van der Waals surface area contributed by atoms with Crippen LogP contribution in [0.2, 0.25) is 0 Å². The van der Waals surface area contributed by atoms with E-state index in [-0.39, 0.29) is 6.04 Å². The molecule has 1 heterocycles. The maximum atomic E-state index is 6.22. The van der Waals surface area contributed by atoms with E-state index < -0.39 is 0 Å². The van der Waals surface area contributed by atoms with Crippen molar-refractivity contribution in [3.8, 4) is 0 Å². The lowest BCUT2D eigenvalue weighted by molar-refractivity contribution is 0.362. The van der Waals surface area contributed by atoms with Crippen molar-refractivity contribution in [3.05, 3.63) is 34.3 Å². The van der Waals surface area contributed by atoms with Crippen LogP contribution in [0.5, 0.6) is 0 Å². The van der Waals surface area contributed by atoms with E-state index in [1.54, 1.807) is 0 Å².